The average Bonchev–Trinajstić information content (AvgIpc) is 2.46. The molecule has 0 nitrogen and oxygen atoms in total. The molecule has 0 aliphatic heterocycles. The molecule has 2 aliphatic carbocycles. The fourth-order valence-electron chi connectivity index (χ4n) is 2.96. The van der Waals surface area contributed by atoms with Crippen LogP contribution in [0.5, 0.6) is 0 Å². The smallest absolute Gasteiger partial charge is 0.0264 e. The maximum Gasteiger partial charge on any atom is -0.0264 e. The molecule has 0 unspecified atom stereocenters. The Morgan fingerprint density at radius 1 is 1.40 bits per heavy atom. The van der Waals surface area contributed by atoms with Crippen LogP contribution < -0.4 is 0 Å². The third-order valence-corrected chi connectivity index (χ3v) is 3.43. The summed E-state index contributed by atoms with van der Waals surface area (Å²) < 4.78 is 0. The molecule has 1 radical (unpaired) electrons. The monoisotopic (exact) mass is 137 g/mol. The average molecular weight is 137 g/mol. The highest BCUT2D eigenvalue weighted by Gasteiger charge is 2.43. The van der Waals surface area contributed by atoms with E-state index in [1.807, 2.05) is 0 Å². The maximum absolute atomic E-state index is 2.58. The lowest BCUT2D eigenvalue weighted by molar-refractivity contribution is 0.344. The lowest BCUT2D eigenvalue weighted by Gasteiger charge is -2.24. The van der Waals surface area contributed by atoms with Gasteiger partial charge in [-0.15, -0.1) is 0 Å². The summed E-state index contributed by atoms with van der Waals surface area (Å²) in [5.41, 5.74) is 0.736. The topological polar surface area (TPSA) is 0 Å². The maximum atomic E-state index is 2.58. The Morgan fingerprint density at radius 2 is 2.10 bits per heavy atom. The molecule has 0 spiro atoms. The van der Waals surface area contributed by atoms with E-state index in [1.54, 1.807) is 0 Å². The third-order valence-electron chi connectivity index (χ3n) is 3.43. The second-order valence-electron chi connectivity index (χ2n) is 4.12. The van der Waals surface area contributed by atoms with Crippen molar-refractivity contribution in [3.8, 4) is 0 Å². The minimum absolute atomic E-state index is 0.736. The predicted octanol–water partition coefficient (Wildman–Crippen LogP) is 3.18. The SMILES string of the molecule is CC[CH]C12CCC(CC1)C2. The Kier molecular flexibility index (Phi) is 1.51. The molecule has 2 bridgehead atoms. The summed E-state index contributed by atoms with van der Waals surface area (Å²) in [6, 6.07) is 0. The number of rotatable bonds is 2. The molecule has 10 heavy (non-hydrogen) atoms. The Balaban J connectivity index is 2.01. The van der Waals surface area contributed by atoms with Crippen LogP contribution in [0.25, 0.3) is 0 Å². The Bertz CT molecular complexity index is 118. The van der Waals surface area contributed by atoms with Crippen LogP contribution in [0.3, 0.4) is 0 Å². The zero-order valence-electron chi connectivity index (χ0n) is 6.90. The molecular weight excluding hydrogens is 120 g/mol. The largest absolute Gasteiger partial charge is 0.0651 e. The summed E-state index contributed by atoms with van der Waals surface area (Å²) in [6.07, 6.45) is 11.5. The van der Waals surface area contributed by atoms with Crippen molar-refractivity contribution >= 4 is 0 Å². The van der Waals surface area contributed by atoms with Crippen molar-refractivity contribution in [1.29, 1.82) is 0 Å². The zero-order valence-corrected chi connectivity index (χ0v) is 6.90. The Morgan fingerprint density at radius 3 is 2.50 bits per heavy atom. The van der Waals surface area contributed by atoms with E-state index in [1.165, 1.54) is 38.5 Å². The van der Waals surface area contributed by atoms with E-state index in [0.717, 1.165) is 11.3 Å². The fraction of sp³-hybridized carbons (Fsp3) is 0.900. The molecule has 0 aromatic carbocycles. The zero-order chi connectivity index (χ0) is 7.03. The van der Waals surface area contributed by atoms with E-state index in [2.05, 4.69) is 13.3 Å². The second kappa shape index (κ2) is 2.25. The molecule has 0 aromatic heterocycles. The van der Waals surface area contributed by atoms with Gasteiger partial charge < -0.3 is 0 Å². The van der Waals surface area contributed by atoms with E-state index in [0.29, 0.717) is 0 Å². The normalized spacial score (nSPS) is 44.7. The van der Waals surface area contributed by atoms with E-state index in [-0.39, 0.29) is 0 Å². The molecule has 2 fully saturated rings. The van der Waals surface area contributed by atoms with Gasteiger partial charge in [0.15, 0.2) is 0 Å². The van der Waals surface area contributed by atoms with Gasteiger partial charge in [-0.25, -0.2) is 0 Å². The molecule has 0 atom stereocenters. The van der Waals surface area contributed by atoms with Crippen LogP contribution in [-0.4, -0.2) is 0 Å². The summed E-state index contributed by atoms with van der Waals surface area (Å²) in [7, 11) is 0. The van der Waals surface area contributed by atoms with Crippen LogP contribution in [0, 0.1) is 17.8 Å². The first kappa shape index (κ1) is 6.69. The highest BCUT2D eigenvalue weighted by atomic mass is 14.5. The number of hydrogen-bond acceptors (Lipinski definition) is 0. The van der Waals surface area contributed by atoms with Gasteiger partial charge in [0.25, 0.3) is 0 Å². The first-order valence-electron chi connectivity index (χ1n) is 4.69. The van der Waals surface area contributed by atoms with Gasteiger partial charge >= 0.3 is 0 Å². The van der Waals surface area contributed by atoms with Gasteiger partial charge in [0.2, 0.25) is 0 Å². The van der Waals surface area contributed by atoms with Gasteiger partial charge in [-0.2, -0.15) is 0 Å². The first-order chi connectivity index (χ1) is 4.85. The van der Waals surface area contributed by atoms with Crippen molar-refractivity contribution < 1.29 is 0 Å². The molecule has 2 rings (SSSR count). The van der Waals surface area contributed by atoms with Crippen LogP contribution in [0.2, 0.25) is 0 Å². The molecular formula is C10H17. The number of fused-ring (bicyclic) bond motifs is 2. The molecule has 57 valence electrons. The predicted molar refractivity (Wildman–Crippen MR) is 43.6 cm³/mol. The molecule has 0 heteroatoms. The standard InChI is InChI=1S/C10H17/c1-2-5-10-6-3-9(8-10)4-7-10/h5,9H,2-4,6-8H2,1H3. The minimum atomic E-state index is 0.736. The van der Waals surface area contributed by atoms with Crippen LogP contribution >= 0.6 is 0 Å². The van der Waals surface area contributed by atoms with Crippen molar-refractivity contribution in [1.82, 2.24) is 0 Å². The van der Waals surface area contributed by atoms with Gasteiger partial charge in [0, 0.05) is 0 Å². The van der Waals surface area contributed by atoms with Gasteiger partial charge in [-0.1, -0.05) is 13.3 Å². The summed E-state index contributed by atoms with van der Waals surface area (Å²) >= 11 is 0. The first-order valence-corrected chi connectivity index (χ1v) is 4.69. The summed E-state index contributed by atoms with van der Waals surface area (Å²) in [4.78, 5) is 0. The van der Waals surface area contributed by atoms with E-state index >= 15 is 0 Å². The van der Waals surface area contributed by atoms with Crippen LogP contribution in [-0.2, 0) is 0 Å². The van der Waals surface area contributed by atoms with Crippen molar-refractivity contribution in [2.24, 2.45) is 11.3 Å². The van der Waals surface area contributed by atoms with Crippen LogP contribution in [0.1, 0.15) is 45.4 Å². The Labute approximate surface area is 64.0 Å². The summed E-state index contributed by atoms with van der Waals surface area (Å²) in [6.45, 7) is 2.28. The molecule has 0 aromatic rings. The van der Waals surface area contributed by atoms with Crippen molar-refractivity contribution in [3.05, 3.63) is 6.42 Å². The second-order valence-corrected chi connectivity index (χ2v) is 4.12. The van der Waals surface area contributed by atoms with Crippen molar-refractivity contribution in [2.45, 2.75) is 45.4 Å². The summed E-state index contributed by atoms with van der Waals surface area (Å²) in [5, 5.41) is 0. The lowest BCUT2D eigenvalue weighted by Crippen LogP contribution is -2.13. The Hall–Kier alpha value is 0. The van der Waals surface area contributed by atoms with Gasteiger partial charge in [-0.05, 0) is 49.9 Å². The minimum Gasteiger partial charge on any atom is -0.0651 e. The van der Waals surface area contributed by atoms with E-state index in [9.17, 15) is 0 Å². The number of hydrogen-bond donors (Lipinski definition) is 0. The van der Waals surface area contributed by atoms with Gasteiger partial charge in [0.05, 0.1) is 0 Å². The van der Waals surface area contributed by atoms with Crippen molar-refractivity contribution in [2.75, 3.05) is 0 Å². The van der Waals surface area contributed by atoms with Crippen molar-refractivity contribution in [3.63, 3.8) is 0 Å². The highest BCUT2D eigenvalue weighted by Crippen LogP contribution is 2.55. The van der Waals surface area contributed by atoms with Crippen LogP contribution in [0.4, 0.5) is 0 Å². The quantitative estimate of drug-likeness (QED) is 0.548. The third kappa shape index (κ3) is 0.889. The fourth-order valence-corrected chi connectivity index (χ4v) is 2.96. The molecule has 0 N–H and O–H groups in total. The molecule has 2 aliphatic rings. The molecule has 2 saturated carbocycles. The van der Waals surface area contributed by atoms with E-state index in [4.69, 9.17) is 0 Å². The van der Waals surface area contributed by atoms with Gasteiger partial charge in [-0.3, -0.25) is 0 Å². The van der Waals surface area contributed by atoms with E-state index < -0.39 is 0 Å². The lowest BCUT2D eigenvalue weighted by atomic mass is 9.80. The molecule has 0 amide bonds. The molecule has 0 saturated heterocycles. The molecule has 0 heterocycles. The van der Waals surface area contributed by atoms with Gasteiger partial charge in [0.1, 0.15) is 0 Å². The summed E-state index contributed by atoms with van der Waals surface area (Å²) in [5.74, 6) is 1.11. The van der Waals surface area contributed by atoms with Crippen LogP contribution in [0.15, 0.2) is 0 Å². The highest BCUT2D eigenvalue weighted by molar-refractivity contribution is 5.02.